The number of hydrogen-bond donors (Lipinski definition) is 2. The molecule has 0 saturated heterocycles. The van der Waals surface area contributed by atoms with Crippen molar-refractivity contribution in [3.63, 3.8) is 0 Å². The van der Waals surface area contributed by atoms with Gasteiger partial charge in [-0.2, -0.15) is 5.10 Å². The molecular weight excluding hydrogens is 306 g/mol. The molecule has 24 heavy (non-hydrogen) atoms. The summed E-state index contributed by atoms with van der Waals surface area (Å²) in [5.41, 5.74) is 3.05. The first-order chi connectivity index (χ1) is 11.4. The molecule has 1 aliphatic rings. The van der Waals surface area contributed by atoms with Gasteiger partial charge in [0.05, 0.1) is 18.7 Å². The van der Waals surface area contributed by atoms with Gasteiger partial charge in [0.15, 0.2) is 0 Å². The van der Waals surface area contributed by atoms with Crippen molar-refractivity contribution in [2.24, 2.45) is 11.8 Å². The predicted octanol–water partition coefficient (Wildman–Crippen LogP) is 2.44. The molecule has 1 aromatic rings. The zero-order valence-electron chi connectivity index (χ0n) is 15.1. The number of ether oxygens (including phenoxy) is 1. The number of methoxy groups -OCH3 is 1. The first kappa shape index (κ1) is 18.5. The van der Waals surface area contributed by atoms with Crippen LogP contribution in [0.4, 0.5) is 0 Å². The van der Waals surface area contributed by atoms with Gasteiger partial charge in [0.25, 0.3) is 0 Å². The molecular formula is C18H29N3O3. The van der Waals surface area contributed by atoms with Gasteiger partial charge in [-0.15, -0.1) is 0 Å². The highest BCUT2D eigenvalue weighted by Crippen LogP contribution is 2.25. The number of carbonyl (C=O) groups is 2. The molecule has 0 spiro atoms. The molecule has 6 nitrogen and oxygen atoms in total. The fraction of sp³-hybridized carbons (Fsp3) is 0.722. The van der Waals surface area contributed by atoms with Gasteiger partial charge in [0.1, 0.15) is 0 Å². The zero-order chi connectivity index (χ0) is 17.7. The molecule has 1 aromatic heterocycles. The molecule has 0 bridgehead atoms. The number of aromatic amines is 1. The van der Waals surface area contributed by atoms with Gasteiger partial charge in [-0.05, 0) is 38.7 Å². The number of carbonyl (C=O) groups excluding carboxylic acids is 2. The monoisotopic (exact) mass is 335 g/mol. The molecule has 1 fully saturated rings. The van der Waals surface area contributed by atoms with Gasteiger partial charge in [-0.3, -0.25) is 14.7 Å². The van der Waals surface area contributed by atoms with Gasteiger partial charge >= 0.3 is 5.97 Å². The smallest absolute Gasteiger partial charge is 0.310 e. The highest BCUT2D eigenvalue weighted by molar-refractivity contribution is 5.80. The normalized spacial score (nSPS) is 22.5. The Labute approximate surface area is 143 Å². The average Bonchev–Trinajstić information content (AvgIpc) is 2.77. The average molecular weight is 335 g/mol. The van der Waals surface area contributed by atoms with E-state index in [1.165, 1.54) is 7.11 Å². The number of esters is 1. The van der Waals surface area contributed by atoms with E-state index in [1.807, 2.05) is 20.8 Å². The Bertz CT molecular complexity index is 563. The topological polar surface area (TPSA) is 84.1 Å². The number of nitrogens with one attached hydrogen (secondary N) is 2. The van der Waals surface area contributed by atoms with Crippen LogP contribution in [0.25, 0.3) is 0 Å². The summed E-state index contributed by atoms with van der Waals surface area (Å²) in [6.45, 7) is 5.84. The van der Waals surface area contributed by atoms with Crippen molar-refractivity contribution in [3.8, 4) is 0 Å². The van der Waals surface area contributed by atoms with Crippen LogP contribution in [0.1, 0.15) is 56.0 Å². The van der Waals surface area contributed by atoms with Crippen molar-refractivity contribution < 1.29 is 14.3 Å². The SMILES string of the molecule is COC(=O)C1CCCCCC1NC(=O)C(C)Cc1c(C)n[nH]c1C. The Hall–Kier alpha value is -1.85. The van der Waals surface area contributed by atoms with Crippen LogP contribution in [0, 0.1) is 25.7 Å². The van der Waals surface area contributed by atoms with E-state index in [2.05, 4.69) is 15.5 Å². The lowest BCUT2D eigenvalue weighted by Gasteiger charge is -2.25. The third kappa shape index (κ3) is 4.36. The number of amides is 1. The van der Waals surface area contributed by atoms with Gasteiger partial charge < -0.3 is 10.1 Å². The number of nitrogens with zero attached hydrogens (tertiary/aromatic N) is 1. The fourth-order valence-electron chi connectivity index (χ4n) is 3.51. The Balaban J connectivity index is 2.01. The summed E-state index contributed by atoms with van der Waals surface area (Å²) in [6, 6.07) is -0.124. The van der Waals surface area contributed by atoms with Crippen molar-refractivity contribution in [2.75, 3.05) is 7.11 Å². The fourth-order valence-corrected chi connectivity index (χ4v) is 3.51. The van der Waals surface area contributed by atoms with E-state index in [-0.39, 0.29) is 29.8 Å². The summed E-state index contributed by atoms with van der Waals surface area (Å²) in [5.74, 6) is -0.611. The summed E-state index contributed by atoms with van der Waals surface area (Å²) in [6.07, 6.45) is 5.41. The predicted molar refractivity (Wildman–Crippen MR) is 91.5 cm³/mol. The van der Waals surface area contributed by atoms with Crippen LogP contribution in [-0.2, 0) is 20.7 Å². The molecule has 3 unspecified atom stereocenters. The van der Waals surface area contributed by atoms with E-state index >= 15 is 0 Å². The molecule has 6 heteroatoms. The lowest BCUT2D eigenvalue weighted by atomic mass is 9.93. The van der Waals surface area contributed by atoms with Crippen LogP contribution >= 0.6 is 0 Å². The van der Waals surface area contributed by atoms with Crippen LogP contribution < -0.4 is 5.32 Å². The van der Waals surface area contributed by atoms with Crippen LogP contribution in [0.2, 0.25) is 0 Å². The quantitative estimate of drug-likeness (QED) is 0.639. The van der Waals surface area contributed by atoms with Crippen molar-refractivity contribution in [1.82, 2.24) is 15.5 Å². The first-order valence-electron chi connectivity index (χ1n) is 8.82. The van der Waals surface area contributed by atoms with Crippen molar-refractivity contribution >= 4 is 11.9 Å². The van der Waals surface area contributed by atoms with Crippen LogP contribution in [0.3, 0.4) is 0 Å². The van der Waals surface area contributed by atoms with E-state index in [1.54, 1.807) is 0 Å². The second-order valence-corrected chi connectivity index (χ2v) is 6.90. The third-order valence-corrected chi connectivity index (χ3v) is 5.09. The maximum atomic E-state index is 12.6. The van der Waals surface area contributed by atoms with Gasteiger partial charge in [-0.25, -0.2) is 0 Å². The Kier molecular flexibility index (Phi) is 6.40. The second-order valence-electron chi connectivity index (χ2n) is 6.90. The molecule has 1 saturated carbocycles. The summed E-state index contributed by atoms with van der Waals surface area (Å²) < 4.78 is 4.93. The van der Waals surface area contributed by atoms with E-state index in [9.17, 15) is 9.59 Å². The maximum Gasteiger partial charge on any atom is 0.310 e. The van der Waals surface area contributed by atoms with Gasteiger partial charge in [0, 0.05) is 17.7 Å². The molecule has 0 radical (unpaired) electrons. The van der Waals surface area contributed by atoms with E-state index in [0.29, 0.717) is 6.42 Å². The highest BCUT2D eigenvalue weighted by Gasteiger charge is 2.32. The lowest BCUT2D eigenvalue weighted by molar-refractivity contribution is -0.147. The Morgan fingerprint density at radius 1 is 1.29 bits per heavy atom. The highest BCUT2D eigenvalue weighted by atomic mass is 16.5. The molecule has 2 N–H and O–H groups in total. The van der Waals surface area contributed by atoms with E-state index < -0.39 is 0 Å². The lowest BCUT2D eigenvalue weighted by Crippen LogP contribution is -2.45. The Morgan fingerprint density at radius 3 is 2.62 bits per heavy atom. The van der Waals surface area contributed by atoms with E-state index in [4.69, 9.17) is 4.74 Å². The van der Waals surface area contributed by atoms with Gasteiger partial charge in [-0.1, -0.05) is 26.2 Å². The molecule has 1 amide bonds. The summed E-state index contributed by atoms with van der Waals surface area (Å²) in [5, 5.41) is 10.2. The summed E-state index contributed by atoms with van der Waals surface area (Å²) in [7, 11) is 1.42. The standard InChI is InChI=1S/C18H29N3O3/c1-11(10-15-12(2)20-21-13(15)3)17(22)19-16-9-7-5-6-8-14(16)18(23)24-4/h11,14,16H,5-10H2,1-4H3,(H,19,22)(H,20,21). The van der Waals surface area contributed by atoms with Crippen LogP contribution in [0.5, 0.6) is 0 Å². The number of H-pyrrole nitrogens is 1. The molecule has 3 atom stereocenters. The minimum absolute atomic E-state index is 0.00389. The largest absolute Gasteiger partial charge is 0.469 e. The number of rotatable bonds is 5. The van der Waals surface area contributed by atoms with Gasteiger partial charge in [0.2, 0.25) is 5.91 Å². The number of aromatic nitrogens is 2. The van der Waals surface area contributed by atoms with E-state index in [0.717, 1.165) is 49.1 Å². The minimum Gasteiger partial charge on any atom is -0.469 e. The third-order valence-electron chi connectivity index (χ3n) is 5.09. The number of hydrogen-bond acceptors (Lipinski definition) is 4. The molecule has 134 valence electrons. The minimum atomic E-state index is -0.231. The first-order valence-corrected chi connectivity index (χ1v) is 8.82. The zero-order valence-corrected chi connectivity index (χ0v) is 15.1. The number of aryl methyl sites for hydroxylation is 2. The van der Waals surface area contributed by atoms with Crippen LogP contribution in [-0.4, -0.2) is 35.2 Å². The van der Waals surface area contributed by atoms with Crippen LogP contribution in [0.15, 0.2) is 0 Å². The summed E-state index contributed by atoms with van der Waals surface area (Å²) >= 11 is 0. The molecule has 1 aliphatic carbocycles. The maximum absolute atomic E-state index is 12.6. The molecule has 0 aliphatic heterocycles. The Morgan fingerprint density at radius 2 is 2.00 bits per heavy atom. The molecule has 0 aromatic carbocycles. The van der Waals surface area contributed by atoms with Crippen molar-refractivity contribution in [1.29, 1.82) is 0 Å². The molecule has 2 rings (SSSR count). The molecule has 1 heterocycles. The van der Waals surface area contributed by atoms with Crippen molar-refractivity contribution in [3.05, 3.63) is 17.0 Å². The summed E-state index contributed by atoms with van der Waals surface area (Å²) in [4.78, 5) is 24.7. The second kappa shape index (κ2) is 8.31. The van der Waals surface area contributed by atoms with Crippen molar-refractivity contribution in [2.45, 2.75) is 65.3 Å².